The van der Waals surface area contributed by atoms with Crippen LogP contribution >= 0.6 is 15.9 Å². The normalized spacial score (nSPS) is 16.5. The number of ether oxygens (including phenoxy) is 2. The smallest absolute Gasteiger partial charge is 0.336 e. The van der Waals surface area contributed by atoms with Crippen molar-refractivity contribution in [3.05, 3.63) is 28.2 Å². The third-order valence-electron chi connectivity index (χ3n) is 3.00. The number of carbonyl (C=O) groups is 1. The Hall–Kier alpha value is -1.07. The Morgan fingerprint density at radius 3 is 2.78 bits per heavy atom. The zero-order chi connectivity index (χ0) is 13.0. The topological polar surface area (TPSA) is 55.8 Å². The Labute approximate surface area is 114 Å². The van der Waals surface area contributed by atoms with E-state index in [1.807, 2.05) is 0 Å². The molecule has 1 aliphatic rings. The first kappa shape index (κ1) is 13.4. The summed E-state index contributed by atoms with van der Waals surface area (Å²) < 4.78 is 11.5. The van der Waals surface area contributed by atoms with Crippen molar-refractivity contribution in [2.75, 3.05) is 19.8 Å². The molecule has 4 nitrogen and oxygen atoms in total. The van der Waals surface area contributed by atoms with E-state index in [0.29, 0.717) is 22.7 Å². The van der Waals surface area contributed by atoms with Gasteiger partial charge in [-0.3, -0.25) is 0 Å². The molecule has 0 radical (unpaired) electrons. The maximum atomic E-state index is 10.9. The Morgan fingerprint density at radius 2 is 2.17 bits per heavy atom. The molecule has 1 aromatic carbocycles. The van der Waals surface area contributed by atoms with Crippen LogP contribution in [0, 0.1) is 5.92 Å². The van der Waals surface area contributed by atoms with Crippen molar-refractivity contribution in [2.45, 2.75) is 12.8 Å². The molecular formula is C13H15BrO4. The lowest BCUT2D eigenvalue weighted by Crippen LogP contribution is -2.21. The zero-order valence-electron chi connectivity index (χ0n) is 9.89. The van der Waals surface area contributed by atoms with E-state index in [9.17, 15) is 4.79 Å². The fourth-order valence-corrected chi connectivity index (χ4v) is 2.41. The van der Waals surface area contributed by atoms with Gasteiger partial charge in [-0.25, -0.2) is 4.79 Å². The highest BCUT2D eigenvalue weighted by Gasteiger charge is 2.15. The quantitative estimate of drug-likeness (QED) is 0.928. The monoisotopic (exact) mass is 314 g/mol. The SMILES string of the molecule is O=C(O)c1ccc(OCC2CCOCC2)cc1Br. The summed E-state index contributed by atoms with van der Waals surface area (Å²) in [5.74, 6) is 0.271. The molecule has 0 bridgehead atoms. The van der Waals surface area contributed by atoms with Gasteiger partial charge < -0.3 is 14.6 Å². The number of rotatable bonds is 4. The summed E-state index contributed by atoms with van der Waals surface area (Å²) in [7, 11) is 0. The minimum Gasteiger partial charge on any atom is -0.493 e. The molecule has 18 heavy (non-hydrogen) atoms. The van der Waals surface area contributed by atoms with Crippen LogP contribution in [-0.4, -0.2) is 30.9 Å². The van der Waals surface area contributed by atoms with Gasteiger partial charge in [0.25, 0.3) is 0 Å². The van der Waals surface area contributed by atoms with Crippen LogP contribution in [0.15, 0.2) is 22.7 Å². The highest BCUT2D eigenvalue weighted by Crippen LogP contribution is 2.24. The van der Waals surface area contributed by atoms with Crippen LogP contribution in [-0.2, 0) is 4.74 Å². The molecule has 1 heterocycles. The van der Waals surface area contributed by atoms with Gasteiger partial charge in [0.05, 0.1) is 12.2 Å². The number of carboxylic acid groups (broad SMARTS) is 1. The van der Waals surface area contributed by atoms with Crippen LogP contribution in [0.1, 0.15) is 23.2 Å². The third-order valence-corrected chi connectivity index (χ3v) is 3.65. The average molecular weight is 315 g/mol. The van der Waals surface area contributed by atoms with Crippen LogP contribution in [0.2, 0.25) is 0 Å². The molecule has 0 aliphatic carbocycles. The summed E-state index contributed by atoms with van der Waals surface area (Å²) in [6.07, 6.45) is 2.04. The van der Waals surface area contributed by atoms with Crippen LogP contribution in [0.25, 0.3) is 0 Å². The molecule has 2 rings (SSSR count). The number of benzene rings is 1. The summed E-state index contributed by atoms with van der Waals surface area (Å²) in [6, 6.07) is 4.93. The van der Waals surface area contributed by atoms with Crippen molar-refractivity contribution in [3.8, 4) is 5.75 Å². The Balaban J connectivity index is 1.93. The standard InChI is InChI=1S/C13H15BrO4/c14-12-7-10(1-2-11(12)13(15)16)18-8-9-3-5-17-6-4-9/h1-2,7,9H,3-6,8H2,(H,15,16). The number of carboxylic acids is 1. The lowest BCUT2D eigenvalue weighted by atomic mass is 10.0. The van der Waals surface area contributed by atoms with Gasteiger partial charge in [0, 0.05) is 17.7 Å². The molecule has 5 heteroatoms. The first-order chi connectivity index (χ1) is 8.66. The van der Waals surface area contributed by atoms with E-state index in [-0.39, 0.29) is 5.56 Å². The van der Waals surface area contributed by atoms with Gasteiger partial charge in [-0.15, -0.1) is 0 Å². The van der Waals surface area contributed by atoms with Gasteiger partial charge >= 0.3 is 5.97 Å². The summed E-state index contributed by atoms with van der Waals surface area (Å²) in [5.41, 5.74) is 0.244. The summed E-state index contributed by atoms with van der Waals surface area (Å²) in [5, 5.41) is 8.91. The summed E-state index contributed by atoms with van der Waals surface area (Å²) in [4.78, 5) is 10.9. The minimum atomic E-state index is -0.946. The molecule has 1 fully saturated rings. The number of hydrogen-bond donors (Lipinski definition) is 1. The van der Waals surface area contributed by atoms with Gasteiger partial charge in [0.15, 0.2) is 0 Å². The van der Waals surface area contributed by atoms with E-state index >= 15 is 0 Å². The van der Waals surface area contributed by atoms with Crippen LogP contribution in [0.3, 0.4) is 0 Å². The Morgan fingerprint density at radius 1 is 1.44 bits per heavy atom. The van der Waals surface area contributed by atoms with Gasteiger partial charge in [-0.1, -0.05) is 0 Å². The van der Waals surface area contributed by atoms with Crippen molar-refractivity contribution in [1.29, 1.82) is 0 Å². The van der Waals surface area contributed by atoms with Crippen LogP contribution in [0.4, 0.5) is 0 Å². The summed E-state index contributed by atoms with van der Waals surface area (Å²) >= 11 is 3.23. The Bertz CT molecular complexity index is 427. The fourth-order valence-electron chi connectivity index (χ4n) is 1.89. The van der Waals surface area contributed by atoms with Gasteiger partial charge in [0.2, 0.25) is 0 Å². The average Bonchev–Trinajstić information content (AvgIpc) is 2.37. The second-order valence-corrected chi connectivity index (χ2v) is 5.17. The lowest BCUT2D eigenvalue weighted by molar-refractivity contribution is 0.0497. The molecule has 1 aliphatic heterocycles. The van der Waals surface area contributed by atoms with Crippen LogP contribution in [0.5, 0.6) is 5.75 Å². The molecule has 1 N–H and O–H groups in total. The maximum Gasteiger partial charge on any atom is 0.336 e. The molecule has 0 saturated carbocycles. The van der Waals surface area contributed by atoms with Crippen LogP contribution < -0.4 is 4.74 Å². The molecular weight excluding hydrogens is 300 g/mol. The predicted molar refractivity (Wildman–Crippen MR) is 70.1 cm³/mol. The van der Waals surface area contributed by atoms with Gasteiger partial charge in [-0.05, 0) is 52.9 Å². The number of aromatic carboxylic acids is 1. The number of hydrogen-bond acceptors (Lipinski definition) is 3. The Kier molecular flexibility index (Phi) is 4.60. The first-order valence-electron chi connectivity index (χ1n) is 5.90. The predicted octanol–water partition coefficient (Wildman–Crippen LogP) is 2.95. The molecule has 98 valence electrons. The van der Waals surface area contributed by atoms with E-state index in [0.717, 1.165) is 26.1 Å². The second-order valence-electron chi connectivity index (χ2n) is 4.31. The van der Waals surface area contributed by atoms with Crippen molar-refractivity contribution >= 4 is 21.9 Å². The highest BCUT2D eigenvalue weighted by atomic mass is 79.9. The van der Waals surface area contributed by atoms with E-state index in [1.165, 1.54) is 0 Å². The maximum absolute atomic E-state index is 10.9. The zero-order valence-corrected chi connectivity index (χ0v) is 11.5. The lowest BCUT2D eigenvalue weighted by Gasteiger charge is -2.22. The van der Waals surface area contributed by atoms with Crippen molar-refractivity contribution in [1.82, 2.24) is 0 Å². The molecule has 0 aromatic heterocycles. The molecule has 0 unspecified atom stereocenters. The van der Waals surface area contributed by atoms with Crippen molar-refractivity contribution in [2.24, 2.45) is 5.92 Å². The van der Waals surface area contributed by atoms with Crippen molar-refractivity contribution in [3.63, 3.8) is 0 Å². The van der Waals surface area contributed by atoms with E-state index in [4.69, 9.17) is 14.6 Å². The molecule has 1 aromatic rings. The molecule has 0 atom stereocenters. The fraction of sp³-hybridized carbons (Fsp3) is 0.462. The van der Waals surface area contributed by atoms with E-state index in [1.54, 1.807) is 18.2 Å². The van der Waals surface area contributed by atoms with Gasteiger partial charge in [-0.2, -0.15) is 0 Å². The second kappa shape index (κ2) is 6.20. The van der Waals surface area contributed by atoms with Gasteiger partial charge in [0.1, 0.15) is 5.75 Å². The van der Waals surface area contributed by atoms with Crippen molar-refractivity contribution < 1.29 is 19.4 Å². The minimum absolute atomic E-state index is 0.244. The third kappa shape index (κ3) is 3.46. The highest BCUT2D eigenvalue weighted by molar-refractivity contribution is 9.10. The summed E-state index contributed by atoms with van der Waals surface area (Å²) in [6.45, 7) is 2.26. The molecule has 0 spiro atoms. The van der Waals surface area contributed by atoms with E-state index < -0.39 is 5.97 Å². The molecule has 0 amide bonds. The first-order valence-corrected chi connectivity index (χ1v) is 6.69. The molecule has 1 saturated heterocycles. The number of halogens is 1. The largest absolute Gasteiger partial charge is 0.493 e. The van der Waals surface area contributed by atoms with E-state index in [2.05, 4.69) is 15.9 Å².